The van der Waals surface area contributed by atoms with Gasteiger partial charge >= 0.3 is 0 Å². The van der Waals surface area contributed by atoms with E-state index in [1.165, 1.54) is 23.1 Å². The predicted molar refractivity (Wildman–Crippen MR) is 60.2 cm³/mol. The number of rotatable bonds is 3. The van der Waals surface area contributed by atoms with Crippen LogP contribution in [-0.2, 0) is 13.6 Å². The van der Waals surface area contributed by atoms with Gasteiger partial charge in [-0.25, -0.2) is 9.37 Å². The highest BCUT2D eigenvalue weighted by Crippen LogP contribution is 2.19. The van der Waals surface area contributed by atoms with Crippen LogP contribution in [0.5, 0.6) is 5.75 Å². The fourth-order valence-electron chi connectivity index (χ4n) is 1.45. The maximum Gasteiger partial charge on any atom is 0.258 e. The summed E-state index contributed by atoms with van der Waals surface area (Å²) in [5.74, 6) is -1.48. The van der Waals surface area contributed by atoms with E-state index in [1.807, 2.05) is 0 Å². The van der Waals surface area contributed by atoms with E-state index in [2.05, 4.69) is 15.4 Å². The van der Waals surface area contributed by atoms with Gasteiger partial charge < -0.3 is 10.4 Å². The quantitative estimate of drug-likeness (QED) is 0.835. The minimum atomic E-state index is -0.776. The van der Waals surface area contributed by atoms with Crippen LogP contribution >= 0.6 is 0 Å². The first-order valence-corrected chi connectivity index (χ1v) is 5.18. The van der Waals surface area contributed by atoms with Crippen LogP contribution in [0, 0.1) is 5.82 Å². The molecule has 1 aromatic carbocycles. The van der Waals surface area contributed by atoms with Crippen molar-refractivity contribution in [3.8, 4) is 5.75 Å². The highest BCUT2D eigenvalue weighted by molar-refractivity contribution is 5.96. The molecule has 0 bridgehead atoms. The number of amides is 1. The lowest BCUT2D eigenvalue weighted by Gasteiger charge is -2.05. The summed E-state index contributed by atoms with van der Waals surface area (Å²) in [6, 6.07) is 3.67. The van der Waals surface area contributed by atoms with Crippen molar-refractivity contribution in [1.82, 2.24) is 20.1 Å². The van der Waals surface area contributed by atoms with Gasteiger partial charge in [-0.3, -0.25) is 9.48 Å². The summed E-state index contributed by atoms with van der Waals surface area (Å²) >= 11 is 0. The van der Waals surface area contributed by atoms with Crippen LogP contribution in [0.2, 0.25) is 0 Å². The average molecular weight is 250 g/mol. The molecule has 0 atom stereocenters. The van der Waals surface area contributed by atoms with Crippen molar-refractivity contribution in [1.29, 1.82) is 0 Å². The minimum Gasteiger partial charge on any atom is -0.507 e. The molecule has 0 aliphatic carbocycles. The molecule has 2 rings (SSSR count). The number of hydrogen-bond donors (Lipinski definition) is 2. The Hall–Kier alpha value is -2.44. The van der Waals surface area contributed by atoms with Crippen molar-refractivity contribution in [2.24, 2.45) is 7.05 Å². The molecule has 0 unspecified atom stereocenters. The van der Waals surface area contributed by atoms with Crippen molar-refractivity contribution in [2.75, 3.05) is 0 Å². The Morgan fingerprint density at radius 2 is 2.33 bits per heavy atom. The first-order chi connectivity index (χ1) is 8.58. The zero-order chi connectivity index (χ0) is 13.1. The summed E-state index contributed by atoms with van der Waals surface area (Å²) in [6.45, 7) is 0.0629. The molecule has 1 amide bonds. The van der Waals surface area contributed by atoms with Gasteiger partial charge in [-0.05, 0) is 12.1 Å². The number of carbonyl (C=O) groups excluding carboxylic acids is 1. The van der Waals surface area contributed by atoms with Crippen molar-refractivity contribution >= 4 is 5.91 Å². The molecule has 6 nitrogen and oxygen atoms in total. The van der Waals surface area contributed by atoms with E-state index in [9.17, 15) is 14.3 Å². The second kappa shape index (κ2) is 4.82. The summed E-state index contributed by atoms with van der Waals surface area (Å²) < 4.78 is 14.9. The third kappa shape index (κ3) is 2.45. The van der Waals surface area contributed by atoms with Gasteiger partial charge in [0.1, 0.15) is 23.5 Å². The fraction of sp³-hybridized carbons (Fsp3) is 0.182. The van der Waals surface area contributed by atoms with Crippen molar-refractivity contribution in [2.45, 2.75) is 6.54 Å². The van der Waals surface area contributed by atoms with E-state index in [-0.39, 0.29) is 12.1 Å². The first-order valence-electron chi connectivity index (χ1n) is 5.18. The highest BCUT2D eigenvalue weighted by atomic mass is 19.1. The standard InChI is InChI=1S/C11H11FN4O2/c1-16-6-14-9(15-16)5-13-11(18)10-7(12)3-2-4-8(10)17/h2-4,6,17H,5H2,1H3,(H,13,18). The molecular formula is C11H11FN4O2. The third-order valence-corrected chi connectivity index (χ3v) is 2.27. The number of nitrogens with one attached hydrogen (secondary N) is 1. The maximum absolute atomic E-state index is 13.4. The number of carbonyl (C=O) groups is 1. The Morgan fingerprint density at radius 1 is 1.56 bits per heavy atom. The van der Waals surface area contributed by atoms with Gasteiger partial charge in [0.25, 0.3) is 5.91 Å². The van der Waals surface area contributed by atoms with Gasteiger partial charge in [0.15, 0.2) is 5.82 Å². The number of phenols is 1. The fourth-order valence-corrected chi connectivity index (χ4v) is 1.45. The van der Waals surface area contributed by atoms with Gasteiger partial charge in [-0.15, -0.1) is 0 Å². The molecule has 0 radical (unpaired) electrons. The summed E-state index contributed by atoms with van der Waals surface area (Å²) in [4.78, 5) is 15.6. The van der Waals surface area contributed by atoms with Crippen LogP contribution in [0.4, 0.5) is 4.39 Å². The molecule has 0 aliphatic rings. The molecule has 2 aromatic rings. The monoisotopic (exact) mass is 250 g/mol. The highest BCUT2D eigenvalue weighted by Gasteiger charge is 2.16. The van der Waals surface area contributed by atoms with Crippen LogP contribution in [0.15, 0.2) is 24.5 Å². The second-order valence-corrected chi connectivity index (χ2v) is 3.65. The van der Waals surface area contributed by atoms with Gasteiger partial charge in [-0.2, -0.15) is 5.10 Å². The van der Waals surface area contributed by atoms with E-state index in [1.54, 1.807) is 7.05 Å². The summed E-state index contributed by atoms with van der Waals surface area (Å²) in [5, 5.41) is 15.8. The van der Waals surface area contributed by atoms with E-state index < -0.39 is 17.5 Å². The predicted octanol–water partition coefficient (Wildman–Crippen LogP) is 0.590. The Bertz CT molecular complexity index is 562. The zero-order valence-corrected chi connectivity index (χ0v) is 9.59. The molecule has 0 spiro atoms. The Morgan fingerprint density at radius 3 is 2.94 bits per heavy atom. The average Bonchev–Trinajstić information content (AvgIpc) is 2.72. The molecule has 1 aromatic heterocycles. The molecule has 7 heteroatoms. The van der Waals surface area contributed by atoms with Crippen molar-refractivity contribution in [3.05, 3.63) is 41.7 Å². The van der Waals surface area contributed by atoms with Gasteiger partial charge in [0.2, 0.25) is 0 Å². The number of phenolic OH excluding ortho intramolecular Hbond substituents is 1. The van der Waals surface area contributed by atoms with Crippen LogP contribution in [0.1, 0.15) is 16.2 Å². The molecule has 1 heterocycles. The van der Waals surface area contributed by atoms with Gasteiger partial charge in [0.05, 0.1) is 6.54 Å². The lowest BCUT2D eigenvalue weighted by molar-refractivity contribution is 0.0943. The van der Waals surface area contributed by atoms with Gasteiger partial charge in [-0.1, -0.05) is 6.07 Å². The summed E-state index contributed by atoms with van der Waals surface area (Å²) in [6.07, 6.45) is 1.49. The van der Waals surface area contributed by atoms with E-state index in [0.717, 1.165) is 6.07 Å². The smallest absolute Gasteiger partial charge is 0.258 e. The molecule has 0 saturated heterocycles. The van der Waals surface area contributed by atoms with E-state index in [4.69, 9.17) is 0 Å². The SMILES string of the molecule is Cn1cnc(CNC(=O)c2c(O)cccc2F)n1. The normalized spacial score (nSPS) is 10.3. The minimum absolute atomic E-state index is 0.0629. The second-order valence-electron chi connectivity index (χ2n) is 3.65. The van der Waals surface area contributed by atoms with Crippen LogP contribution in [-0.4, -0.2) is 25.8 Å². The Labute approximate surface area is 102 Å². The molecule has 94 valence electrons. The lowest BCUT2D eigenvalue weighted by atomic mass is 10.1. The maximum atomic E-state index is 13.4. The third-order valence-electron chi connectivity index (χ3n) is 2.27. The molecule has 0 saturated carbocycles. The molecular weight excluding hydrogens is 239 g/mol. The molecule has 18 heavy (non-hydrogen) atoms. The molecule has 2 N–H and O–H groups in total. The number of aryl methyl sites for hydroxylation is 1. The number of aromatic hydroxyl groups is 1. The first kappa shape index (κ1) is 12.0. The number of aromatic nitrogens is 3. The molecule has 0 aliphatic heterocycles. The number of hydrogen-bond acceptors (Lipinski definition) is 4. The number of benzene rings is 1. The zero-order valence-electron chi connectivity index (χ0n) is 9.59. The Balaban J connectivity index is 2.08. The van der Waals surface area contributed by atoms with E-state index >= 15 is 0 Å². The largest absolute Gasteiger partial charge is 0.507 e. The molecule has 0 fully saturated rings. The number of halogens is 1. The number of nitrogens with zero attached hydrogens (tertiary/aromatic N) is 3. The van der Waals surface area contributed by atoms with Crippen molar-refractivity contribution in [3.63, 3.8) is 0 Å². The lowest BCUT2D eigenvalue weighted by Crippen LogP contribution is -2.24. The van der Waals surface area contributed by atoms with Crippen LogP contribution < -0.4 is 5.32 Å². The van der Waals surface area contributed by atoms with Gasteiger partial charge in [0, 0.05) is 7.05 Å². The van der Waals surface area contributed by atoms with Crippen molar-refractivity contribution < 1.29 is 14.3 Å². The topological polar surface area (TPSA) is 80.0 Å². The Kier molecular flexibility index (Phi) is 3.22. The van der Waals surface area contributed by atoms with Crippen LogP contribution in [0.25, 0.3) is 0 Å². The summed E-state index contributed by atoms with van der Waals surface area (Å²) in [5.41, 5.74) is -0.381. The van der Waals surface area contributed by atoms with Crippen LogP contribution in [0.3, 0.4) is 0 Å². The van der Waals surface area contributed by atoms with E-state index in [0.29, 0.717) is 5.82 Å². The summed E-state index contributed by atoms with van der Waals surface area (Å²) in [7, 11) is 1.70.